The number of carbonyl (C=O) groups excluding carboxylic acids is 1. The summed E-state index contributed by atoms with van der Waals surface area (Å²) in [6, 6.07) is 14.4. The van der Waals surface area contributed by atoms with Gasteiger partial charge in [0.25, 0.3) is 5.95 Å². The van der Waals surface area contributed by atoms with Crippen molar-refractivity contribution in [2.24, 2.45) is 0 Å². The third kappa shape index (κ3) is 2.15. The fourth-order valence-corrected chi connectivity index (χ4v) is 2.60. The van der Waals surface area contributed by atoms with Gasteiger partial charge in [-0.25, -0.2) is 4.52 Å². The van der Waals surface area contributed by atoms with E-state index in [1.54, 1.807) is 9.42 Å². The molecule has 0 aliphatic heterocycles. The molecule has 4 rings (SSSR count). The summed E-state index contributed by atoms with van der Waals surface area (Å²) in [4.78, 5) is 17.4. The van der Waals surface area contributed by atoms with Crippen molar-refractivity contribution in [3.63, 3.8) is 0 Å². The fourth-order valence-electron chi connectivity index (χ4n) is 2.60. The largest absolute Gasteiger partial charge is 0.279 e. The topological polar surface area (TPSA) is 50.5 Å². The number of rotatable bonds is 4. The summed E-state index contributed by atoms with van der Waals surface area (Å²) in [6.45, 7) is 2.07. The molecule has 1 saturated carbocycles. The van der Waals surface area contributed by atoms with Crippen LogP contribution < -0.4 is 4.90 Å². The van der Waals surface area contributed by atoms with Crippen molar-refractivity contribution in [3.05, 3.63) is 48.0 Å². The monoisotopic (exact) mass is 292 g/mol. The maximum absolute atomic E-state index is 11.3. The Morgan fingerprint density at radius 3 is 2.64 bits per heavy atom. The first-order valence-electron chi connectivity index (χ1n) is 7.43. The van der Waals surface area contributed by atoms with Crippen LogP contribution in [0.15, 0.2) is 42.5 Å². The minimum absolute atomic E-state index is 0.262. The minimum atomic E-state index is 0.262. The number of aromatic nitrogens is 3. The molecule has 2 heterocycles. The second kappa shape index (κ2) is 4.94. The first kappa shape index (κ1) is 13.0. The van der Waals surface area contributed by atoms with Gasteiger partial charge in [-0.15, -0.1) is 5.10 Å². The second-order valence-electron chi connectivity index (χ2n) is 5.70. The number of amides is 1. The maximum atomic E-state index is 11.3. The van der Waals surface area contributed by atoms with Gasteiger partial charge in [0.1, 0.15) is 0 Å². The molecule has 110 valence electrons. The van der Waals surface area contributed by atoms with Gasteiger partial charge in [0.05, 0.1) is 5.69 Å². The Hall–Kier alpha value is -2.69. The van der Waals surface area contributed by atoms with Gasteiger partial charge in [-0.2, -0.15) is 4.98 Å². The van der Waals surface area contributed by atoms with E-state index in [9.17, 15) is 4.79 Å². The predicted octanol–water partition coefficient (Wildman–Crippen LogP) is 2.83. The highest BCUT2D eigenvalue weighted by molar-refractivity contribution is 5.74. The average molecular weight is 292 g/mol. The van der Waals surface area contributed by atoms with Crippen molar-refractivity contribution in [2.45, 2.75) is 25.8 Å². The molecule has 1 aliphatic rings. The average Bonchev–Trinajstić information content (AvgIpc) is 3.26. The van der Waals surface area contributed by atoms with Gasteiger partial charge in [0.15, 0.2) is 5.65 Å². The zero-order valence-electron chi connectivity index (χ0n) is 12.3. The van der Waals surface area contributed by atoms with Gasteiger partial charge in [0, 0.05) is 11.6 Å². The van der Waals surface area contributed by atoms with Crippen LogP contribution in [0.3, 0.4) is 0 Å². The van der Waals surface area contributed by atoms with E-state index in [-0.39, 0.29) is 6.04 Å². The summed E-state index contributed by atoms with van der Waals surface area (Å²) >= 11 is 0. The second-order valence-corrected chi connectivity index (χ2v) is 5.70. The molecule has 0 saturated heterocycles. The fraction of sp³-hybridized carbons (Fsp3) is 0.235. The number of pyridine rings is 1. The molecule has 1 amide bonds. The van der Waals surface area contributed by atoms with Crippen LogP contribution in [0.25, 0.3) is 16.9 Å². The molecule has 1 aromatic carbocycles. The van der Waals surface area contributed by atoms with Crippen molar-refractivity contribution in [1.82, 2.24) is 14.6 Å². The van der Waals surface area contributed by atoms with Crippen molar-refractivity contribution in [3.8, 4) is 11.3 Å². The van der Waals surface area contributed by atoms with Crippen LogP contribution in [0.5, 0.6) is 0 Å². The molecule has 0 unspecified atom stereocenters. The summed E-state index contributed by atoms with van der Waals surface area (Å²) in [5.41, 5.74) is 4.02. The molecule has 1 fully saturated rings. The minimum Gasteiger partial charge on any atom is -0.279 e. The van der Waals surface area contributed by atoms with Crippen molar-refractivity contribution in [2.75, 3.05) is 4.90 Å². The highest BCUT2D eigenvalue weighted by Crippen LogP contribution is 2.29. The number of hydrogen-bond acceptors (Lipinski definition) is 3. The molecule has 0 atom stereocenters. The van der Waals surface area contributed by atoms with Crippen LogP contribution in [0.1, 0.15) is 18.4 Å². The lowest BCUT2D eigenvalue weighted by molar-refractivity contribution is -0.107. The van der Waals surface area contributed by atoms with Crippen molar-refractivity contribution < 1.29 is 4.79 Å². The highest BCUT2D eigenvalue weighted by atomic mass is 16.1. The highest BCUT2D eigenvalue weighted by Gasteiger charge is 2.31. The summed E-state index contributed by atoms with van der Waals surface area (Å²) < 4.78 is 1.80. The van der Waals surface area contributed by atoms with E-state index < -0.39 is 0 Å². The van der Waals surface area contributed by atoms with Crippen LogP contribution in [-0.4, -0.2) is 27.0 Å². The number of hydrogen-bond donors (Lipinski definition) is 0. The van der Waals surface area contributed by atoms with Crippen LogP contribution in [0, 0.1) is 6.92 Å². The Kier molecular flexibility index (Phi) is 2.92. The van der Waals surface area contributed by atoms with Gasteiger partial charge in [-0.3, -0.25) is 9.69 Å². The lowest BCUT2D eigenvalue weighted by Crippen LogP contribution is -2.24. The lowest BCUT2D eigenvalue weighted by Gasteiger charge is -2.10. The normalized spacial score (nSPS) is 14.2. The molecular weight excluding hydrogens is 276 g/mol. The number of fused-ring (bicyclic) bond motifs is 1. The predicted molar refractivity (Wildman–Crippen MR) is 84.7 cm³/mol. The zero-order chi connectivity index (χ0) is 15.1. The van der Waals surface area contributed by atoms with E-state index in [2.05, 4.69) is 41.3 Å². The number of benzene rings is 1. The summed E-state index contributed by atoms with van der Waals surface area (Å²) in [5, 5.41) is 4.54. The van der Waals surface area contributed by atoms with E-state index in [4.69, 9.17) is 0 Å². The van der Waals surface area contributed by atoms with E-state index in [0.29, 0.717) is 5.95 Å². The van der Waals surface area contributed by atoms with Gasteiger partial charge in [-0.05, 0) is 31.9 Å². The Bertz CT molecular complexity index is 833. The Labute approximate surface area is 128 Å². The van der Waals surface area contributed by atoms with Gasteiger partial charge in [0.2, 0.25) is 6.41 Å². The first-order valence-corrected chi connectivity index (χ1v) is 7.43. The Balaban J connectivity index is 1.84. The lowest BCUT2D eigenvalue weighted by atomic mass is 10.1. The van der Waals surface area contributed by atoms with E-state index in [1.807, 2.05) is 18.2 Å². The van der Waals surface area contributed by atoms with Gasteiger partial charge < -0.3 is 0 Å². The third-order valence-electron chi connectivity index (χ3n) is 3.98. The van der Waals surface area contributed by atoms with Crippen LogP contribution in [-0.2, 0) is 4.79 Å². The number of aryl methyl sites for hydroxylation is 1. The molecule has 1 aliphatic carbocycles. The smallest absolute Gasteiger partial charge is 0.252 e. The Morgan fingerprint density at radius 1 is 1.18 bits per heavy atom. The number of carbonyl (C=O) groups is 1. The van der Waals surface area contributed by atoms with E-state index >= 15 is 0 Å². The molecule has 3 aromatic rings. The van der Waals surface area contributed by atoms with Gasteiger partial charge in [-0.1, -0.05) is 35.9 Å². The quantitative estimate of drug-likeness (QED) is 0.695. The van der Waals surface area contributed by atoms with Crippen molar-refractivity contribution >= 4 is 18.0 Å². The van der Waals surface area contributed by atoms with Crippen LogP contribution in [0.2, 0.25) is 0 Å². The van der Waals surface area contributed by atoms with E-state index in [1.165, 1.54) is 5.56 Å². The molecule has 5 heteroatoms. The molecule has 0 spiro atoms. The summed E-state index contributed by atoms with van der Waals surface area (Å²) in [5.74, 6) is 0.483. The van der Waals surface area contributed by atoms with E-state index in [0.717, 1.165) is 36.2 Å². The SMILES string of the molecule is Cc1ccc(-c2cccc3nc(N(C=O)C4CC4)nn23)cc1. The number of anilines is 1. The summed E-state index contributed by atoms with van der Waals surface area (Å²) in [6.07, 6.45) is 2.89. The van der Waals surface area contributed by atoms with Gasteiger partial charge >= 0.3 is 0 Å². The molecule has 22 heavy (non-hydrogen) atoms. The maximum Gasteiger partial charge on any atom is 0.252 e. The molecule has 0 N–H and O–H groups in total. The third-order valence-corrected chi connectivity index (χ3v) is 3.98. The molecule has 0 radical (unpaired) electrons. The number of nitrogens with zero attached hydrogens (tertiary/aromatic N) is 4. The first-order chi connectivity index (χ1) is 10.8. The van der Waals surface area contributed by atoms with Crippen LogP contribution >= 0.6 is 0 Å². The molecule has 5 nitrogen and oxygen atoms in total. The van der Waals surface area contributed by atoms with Crippen LogP contribution in [0.4, 0.5) is 5.95 Å². The van der Waals surface area contributed by atoms with Crippen molar-refractivity contribution in [1.29, 1.82) is 0 Å². The molecule has 2 aromatic heterocycles. The standard InChI is InChI=1S/C17H16N4O/c1-12-5-7-13(8-6-12)15-3-2-4-16-18-17(19-21(15)16)20(11-22)14-9-10-14/h2-8,11,14H,9-10H2,1H3. The Morgan fingerprint density at radius 2 is 1.95 bits per heavy atom. The summed E-state index contributed by atoms with van der Waals surface area (Å²) in [7, 11) is 0. The molecule has 0 bridgehead atoms. The zero-order valence-corrected chi connectivity index (χ0v) is 12.3. The molecular formula is C17H16N4O.